The van der Waals surface area contributed by atoms with E-state index in [0.717, 1.165) is 63.2 Å². The first-order chi connectivity index (χ1) is 19.7. The number of likely N-dealkylation sites (tertiary alicyclic amines) is 1. The van der Waals surface area contributed by atoms with E-state index in [0.29, 0.717) is 52.3 Å². The zero-order chi connectivity index (χ0) is 28.9. The molecule has 2 saturated heterocycles. The molecule has 0 saturated carbocycles. The number of pyridine rings is 1. The summed E-state index contributed by atoms with van der Waals surface area (Å²) in [6.07, 6.45) is 4.37. The molecule has 0 unspecified atom stereocenters. The number of piperazine rings is 1. The summed E-state index contributed by atoms with van der Waals surface area (Å²) in [5.41, 5.74) is 2.54. The van der Waals surface area contributed by atoms with Gasteiger partial charge in [-0.25, -0.2) is 19.7 Å². The minimum atomic E-state index is -0.884. The minimum absolute atomic E-state index is 0.363. The lowest BCUT2D eigenvalue weighted by Crippen LogP contribution is -2.45. The van der Waals surface area contributed by atoms with E-state index < -0.39 is 6.09 Å². The number of hydrogen-bond donors (Lipinski definition) is 1. The van der Waals surface area contributed by atoms with Crippen LogP contribution in [0.15, 0.2) is 42.7 Å². The van der Waals surface area contributed by atoms with Gasteiger partial charge in [-0.15, -0.1) is 0 Å². The number of amides is 1. The van der Waals surface area contributed by atoms with Gasteiger partial charge in [0.25, 0.3) is 0 Å². The third kappa shape index (κ3) is 7.97. The Morgan fingerprint density at radius 1 is 1.00 bits per heavy atom. The van der Waals surface area contributed by atoms with Crippen molar-refractivity contribution in [3.63, 3.8) is 0 Å². The lowest BCUT2D eigenvalue weighted by atomic mass is 9.96. The molecule has 2 aliphatic heterocycles. The van der Waals surface area contributed by atoms with Gasteiger partial charge in [-0.2, -0.15) is 0 Å². The van der Waals surface area contributed by atoms with Crippen LogP contribution >= 0.6 is 23.2 Å². The maximum atomic E-state index is 11.2. The first kappa shape index (κ1) is 29.3. The highest BCUT2D eigenvalue weighted by molar-refractivity contribution is 6.35. The van der Waals surface area contributed by atoms with Crippen molar-refractivity contribution in [3.05, 3.63) is 58.3 Å². The van der Waals surface area contributed by atoms with Gasteiger partial charge in [-0.05, 0) is 68.7 Å². The second kappa shape index (κ2) is 13.2. The monoisotopic (exact) mass is 599 g/mol. The molecule has 1 aromatic carbocycles. The van der Waals surface area contributed by atoms with Crippen LogP contribution in [0, 0.1) is 5.92 Å². The van der Waals surface area contributed by atoms with Crippen molar-refractivity contribution in [2.24, 2.45) is 5.92 Å². The first-order valence-corrected chi connectivity index (χ1v) is 14.5. The van der Waals surface area contributed by atoms with Crippen LogP contribution < -0.4 is 9.64 Å². The molecule has 1 N–H and O–H groups in total. The van der Waals surface area contributed by atoms with Crippen LogP contribution in [-0.2, 0) is 6.54 Å². The number of nitrogens with zero attached hydrogens (tertiary/aromatic N) is 7. The van der Waals surface area contributed by atoms with Crippen molar-refractivity contribution in [1.29, 1.82) is 0 Å². The van der Waals surface area contributed by atoms with E-state index in [1.807, 2.05) is 24.3 Å². The maximum absolute atomic E-state index is 11.2. The molecule has 2 aromatic heterocycles. The summed E-state index contributed by atoms with van der Waals surface area (Å²) in [4.78, 5) is 33.3. The quantitative estimate of drug-likeness (QED) is 0.374. The SMILES string of the molecule is CN1CCN(c2ncc(Oc3cc(CN4CCC(CN(C)C(=O)O)CC4)cc(-c4cc(Cl)cc(Cl)c4)n3)cn2)CC1. The van der Waals surface area contributed by atoms with Gasteiger partial charge in [0.15, 0.2) is 5.75 Å². The zero-order valence-electron chi connectivity index (χ0n) is 23.3. The van der Waals surface area contributed by atoms with Gasteiger partial charge < -0.3 is 24.5 Å². The summed E-state index contributed by atoms with van der Waals surface area (Å²) in [6, 6.07) is 9.34. The normalized spacial score (nSPS) is 17.0. The number of rotatable bonds is 8. The Balaban J connectivity index is 1.32. The Morgan fingerprint density at radius 3 is 2.29 bits per heavy atom. The van der Waals surface area contributed by atoms with Crippen molar-refractivity contribution in [2.75, 3.05) is 64.8 Å². The number of likely N-dealkylation sites (N-methyl/N-ethyl adjacent to an activating group) is 1. The topological polar surface area (TPSA) is 98.2 Å². The largest absolute Gasteiger partial charge is 0.465 e. The van der Waals surface area contributed by atoms with Crippen LogP contribution in [0.3, 0.4) is 0 Å². The van der Waals surface area contributed by atoms with Crippen molar-refractivity contribution in [3.8, 4) is 22.9 Å². The van der Waals surface area contributed by atoms with E-state index in [-0.39, 0.29) is 0 Å². The van der Waals surface area contributed by atoms with E-state index in [1.165, 1.54) is 4.90 Å². The van der Waals surface area contributed by atoms with Gasteiger partial charge in [0, 0.05) is 68.0 Å². The molecule has 0 bridgehead atoms. The Morgan fingerprint density at radius 2 is 1.66 bits per heavy atom. The molecular formula is C29H35Cl2N7O3. The predicted molar refractivity (Wildman–Crippen MR) is 160 cm³/mol. The van der Waals surface area contributed by atoms with Crippen LogP contribution in [-0.4, -0.2) is 101 Å². The Hall–Kier alpha value is -3.18. The van der Waals surface area contributed by atoms with E-state index in [9.17, 15) is 9.90 Å². The zero-order valence-corrected chi connectivity index (χ0v) is 24.9. The fourth-order valence-electron chi connectivity index (χ4n) is 5.26. The van der Waals surface area contributed by atoms with E-state index in [2.05, 4.69) is 31.7 Å². The predicted octanol–water partition coefficient (Wildman–Crippen LogP) is 5.21. The molecule has 0 spiro atoms. The highest BCUT2D eigenvalue weighted by atomic mass is 35.5. The summed E-state index contributed by atoms with van der Waals surface area (Å²) in [5, 5.41) is 10.3. The lowest BCUT2D eigenvalue weighted by molar-refractivity contribution is 0.126. The number of hydrogen-bond acceptors (Lipinski definition) is 8. The van der Waals surface area contributed by atoms with Gasteiger partial charge >= 0.3 is 6.09 Å². The second-order valence-electron chi connectivity index (χ2n) is 10.9. The van der Waals surface area contributed by atoms with Crippen molar-refractivity contribution >= 4 is 35.2 Å². The molecule has 2 fully saturated rings. The first-order valence-electron chi connectivity index (χ1n) is 13.8. The Kier molecular flexibility index (Phi) is 9.44. The highest BCUT2D eigenvalue weighted by Gasteiger charge is 2.23. The number of piperidine rings is 1. The molecule has 2 aliphatic rings. The van der Waals surface area contributed by atoms with Gasteiger partial charge in [-0.3, -0.25) is 4.90 Å². The standard InChI is InChI=1S/C29H35Cl2N7O3/c1-35-7-9-38(10-8-35)28-32-16-25(17-33-28)41-27-12-21(11-26(34-27)22-13-23(30)15-24(31)14-22)19-37-5-3-20(4-6-37)18-36(2)29(39)40/h11-17,20H,3-10,18-19H2,1-2H3,(H,39,40). The minimum Gasteiger partial charge on any atom is -0.465 e. The molecule has 3 aromatic rings. The van der Waals surface area contributed by atoms with Gasteiger partial charge in [0.1, 0.15) is 0 Å². The summed E-state index contributed by atoms with van der Waals surface area (Å²) in [7, 11) is 3.74. The second-order valence-corrected chi connectivity index (χ2v) is 11.7. The summed E-state index contributed by atoms with van der Waals surface area (Å²) in [6.45, 7) is 6.77. The fraction of sp³-hybridized carbons (Fsp3) is 0.448. The van der Waals surface area contributed by atoms with Gasteiger partial charge in [0.2, 0.25) is 11.8 Å². The third-order valence-corrected chi connectivity index (χ3v) is 8.05. The summed E-state index contributed by atoms with van der Waals surface area (Å²) < 4.78 is 6.16. The van der Waals surface area contributed by atoms with Crippen LogP contribution in [0.2, 0.25) is 10.0 Å². The molecule has 5 rings (SSSR count). The molecular weight excluding hydrogens is 565 g/mol. The Bertz CT molecular complexity index is 1320. The Labute approximate surface area is 250 Å². The average molecular weight is 601 g/mol. The fourth-order valence-corrected chi connectivity index (χ4v) is 5.78. The third-order valence-electron chi connectivity index (χ3n) is 7.61. The van der Waals surface area contributed by atoms with Gasteiger partial charge in [-0.1, -0.05) is 23.2 Å². The number of benzene rings is 1. The lowest BCUT2D eigenvalue weighted by Gasteiger charge is -2.33. The molecule has 10 nitrogen and oxygen atoms in total. The number of aromatic nitrogens is 3. The van der Waals surface area contributed by atoms with E-state index >= 15 is 0 Å². The molecule has 0 radical (unpaired) electrons. The molecule has 218 valence electrons. The number of carbonyl (C=O) groups is 1. The molecule has 1 amide bonds. The number of anilines is 1. The smallest absolute Gasteiger partial charge is 0.407 e. The number of ether oxygens (including phenoxy) is 1. The maximum Gasteiger partial charge on any atom is 0.407 e. The molecule has 0 atom stereocenters. The van der Waals surface area contributed by atoms with Gasteiger partial charge in [0.05, 0.1) is 18.1 Å². The number of halogens is 2. The molecule has 41 heavy (non-hydrogen) atoms. The highest BCUT2D eigenvalue weighted by Crippen LogP contribution is 2.31. The van der Waals surface area contributed by atoms with Crippen LogP contribution in [0.4, 0.5) is 10.7 Å². The summed E-state index contributed by atoms with van der Waals surface area (Å²) in [5.74, 6) is 1.99. The average Bonchev–Trinajstić information content (AvgIpc) is 2.94. The molecule has 12 heteroatoms. The van der Waals surface area contributed by atoms with E-state index in [4.69, 9.17) is 32.9 Å². The number of carboxylic acid groups (broad SMARTS) is 1. The van der Waals surface area contributed by atoms with Crippen molar-refractivity contribution in [2.45, 2.75) is 19.4 Å². The van der Waals surface area contributed by atoms with Crippen LogP contribution in [0.1, 0.15) is 18.4 Å². The van der Waals surface area contributed by atoms with Crippen LogP contribution in [0.5, 0.6) is 11.6 Å². The van der Waals surface area contributed by atoms with Crippen LogP contribution in [0.25, 0.3) is 11.3 Å². The van der Waals surface area contributed by atoms with Crippen molar-refractivity contribution in [1.82, 2.24) is 29.7 Å². The molecule has 0 aliphatic carbocycles. The van der Waals surface area contributed by atoms with E-state index in [1.54, 1.807) is 25.5 Å². The van der Waals surface area contributed by atoms with Crippen molar-refractivity contribution < 1.29 is 14.6 Å². The summed E-state index contributed by atoms with van der Waals surface area (Å²) >= 11 is 12.6. The molecule has 4 heterocycles.